The maximum absolute atomic E-state index is 5.63. The second kappa shape index (κ2) is 8.52. The Morgan fingerprint density at radius 1 is 1.29 bits per heavy atom. The van der Waals surface area contributed by atoms with Crippen molar-refractivity contribution in [2.45, 2.75) is 39.3 Å². The van der Waals surface area contributed by atoms with Crippen LogP contribution in [0.2, 0.25) is 0 Å². The summed E-state index contributed by atoms with van der Waals surface area (Å²) in [5, 5.41) is 3.42. The number of nitrogens with one attached hydrogen (secondary N) is 1. The molecule has 21 heavy (non-hydrogen) atoms. The first-order chi connectivity index (χ1) is 10.2. The molecule has 1 aromatic carbocycles. The summed E-state index contributed by atoms with van der Waals surface area (Å²) in [6.45, 7) is 9.85. The third kappa shape index (κ3) is 4.80. The lowest BCUT2D eigenvalue weighted by molar-refractivity contribution is -0.00751. The van der Waals surface area contributed by atoms with Crippen LogP contribution in [0.25, 0.3) is 0 Å². The molecule has 2 atom stereocenters. The van der Waals surface area contributed by atoms with E-state index in [1.807, 2.05) is 7.11 Å². The lowest BCUT2D eigenvalue weighted by Crippen LogP contribution is -2.43. The van der Waals surface area contributed by atoms with Gasteiger partial charge in [0, 0.05) is 20.2 Å². The minimum Gasteiger partial charge on any atom is -0.380 e. The van der Waals surface area contributed by atoms with E-state index in [0.29, 0.717) is 12.0 Å². The van der Waals surface area contributed by atoms with Crippen LogP contribution in [-0.2, 0) is 17.7 Å². The van der Waals surface area contributed by atoms with Gasteiger partial charge in [-0.3, -0.25) is 4.90 Å². The van der Waals surface area contributed by atoms with Gasteiger partial charge in [0.05, 0.1) is 6.10 Å². The Labute approximate surface area is 129 Å². The normalized spacial score (nSPS) is 23.4. The van der Waals surface area contributed by atoms with E-state index in [9.17, 15) is 0 Å². The topological polar surface area (TPSA) is 24.5 Å². The van der Waals surface area contributed by atoms with Crippen molar-refractivity contribution in [3.63, 3.8) is 0 Å². The Balaban J connectivity index is 1.95. The summed E-state index contributed by atoms with van der Waals surface area (Å²) in [5.74, 6) is 0.676. The number of nitrogens with zero attached hydrogens (tertiary/aromatic N) is 1. The number of likely N-dealkylation sites (tertiary alicyclic amines) is 1. The third-order valence-corrected chi connectivity index (χ3v) is 4.61. The van der Waals surface area contributed by atoms with Crippen molar-refractivity contribution in [3.8, 4) is 0 Å². The van der Waals surface area contributed by atoms with Crippen molar-refractivity contribution in [1.29, 1.82) is 0 Å². The number of benzene rings is 1. The van der Waals surface area contributed by atoms with Crippen LogP contribution in [-0.4, -0.2) is 44.3 Å². The van der Waals surface area contributed by atoms with Crippen LogP contribution in [0.15, 0.2) is 24.3 Å². The predicted molar refractivity (Wildman–Crippen MR) is 88.5 cm³/mol. The van der Waals surface area contributed by atoms with Gasteiger partial charge in [0.15, 0.2) is 0 Å². The number of ether oxygens (including phenoxy) is 1. The third-order valence-electron chi connectivity index (χ3n) is 4.61. The van der Waals surface area contributed by atoms with Crippen molar-refractivity contribution in [2.24, 2.45) is 5.92 Å². The van der Waals surface area contributed by atoms with E-state index in [1.165, 1.54) is 24.1 Å². The van der Waals surface area contributed by atoms with E-state index < -0.39 is 0 Å². The Bertz CT molecular complexity index is 421. The van der Waals surface area contributed by atoms with Crippen molar-refractivity contribution in [3.05, 3.63) is 35.4 Å². The van der Waals surface area contributed by atoms with E-state index >= 15 is 0 Å². The second-order valence-electron chi connectivity index (χ2n) is 6.15. The van der Waals surface area contributed by atoms with Crippen LogP contribution in [0.5, 0.6) is 0 Å². The van der Waals surface area contributed by atoms with Gasteiger partial charge in [0.1, 0.15) is 0 Å². The highest BCUT2D eigenvalue weighted by molar-refractivity contribution is 5.27. The molecule has 2 rings (SSSR count). The molecule has 1 heterocycles. The summed E-state index contributed by atoms with van der Waals surface area (Å²) in [5.41, 5.74) is 2.95. The highest BCUT2D eigenvalue weighted by Gasteiger charge is 2.26. The fraction of sp³-hybridized carbons (Fsp3) is 0.667. The molecule has 1 N–H and O–H groups in total. The molecule has 0 spiro atoms. The quantitative estimate of drug-likeness (QED) is 0.782. The molecule has 0 aliphatic carbocycles. The number of methoxy groups -OCH3 is 1. The molecular weight excluding hydrogens is 260 g/mol. The molecule has 1 aromatic rings. The molecule has 1 saturated heterocycles. The minimum absolute atomic E-state index is 0.382. The maximum atomic E-state index is 5.63. The average Bonchev–Trinajstić information content (AvgIpc) is 2.51. The van der Waals surface area contributed by atoms with Crippen molar-refractivity contribution in [1.82, 2.24) is 10.2 Å². The number of piperidine rings is 1. The second-order valence-corrected chi connectivity index (χ2v) is 6.15. The largest absolute Gasteiger partial charge is 0.380 e. The zero-order valence-electron chi connectivity index (χ0n) is 13.8. The lowest BCUT2D eigenvalue weighted by Gasteiger charge is -2.36. The molecule has 1 aliphatic rings. The summed E-state index contributed by atoms with van der Waals surface area (Å²) in [6, 6.07) is 8.86. The molecule has 0 aromatic heterocycles. The van der Waals surface area contributed by atoms with Crippen LogP contribution in [0, 0.1) is 5.92 Å². The van der Waals surface area contributed by atoms with Gasteiger partial charge >= 0.3 is 0 Å². The monoisotopic (exact) mass is 290 g/mol. The first-order valence-corrected chi connectivity index (χ1v) is 8.27. The van der Waals surface area contributed by atoms with Crippen molar-refractivity contribution >= 4 is 0 Å². The van der Waals surface area contributed by atoms with Crippen LogP contribution in [0.4, 0.5) is 0 Å². The van der Waals surface area contributed by atoms with Gasteiger partial charge in [0.25, 0.3) is 0 Å². The van der Waals surface area contributed by atoms with Crippen LogP contribution in [0.1, 0.15) is 31.4 Å². The smallest absolute Gasteiger partial charge is 0.0724 e. The standard InChI is InChI=1S/C18H30N2O/c1-4-19-11-9-16-7-5-6-8-17(16)13-20-12-10-15(2)18(14-20)21-3/h5-8,15,18-19H,4,9-14H2,1-3H3. The minimum atomic E-state index is 0.382. The summed E-state index contributed by atoms with van der Waals surface area (Å²) < 4.78 is 5.63. The van der Waals surface area contributed by atoms with E-state index in [-0.39, 0.29) is 0 Å². The molecule has 1 aliphatic heterocycles. The molecule has 1 fully saturated rings. The van der Waals surface area contributed by atoms with Crippen LogP contribution < -0.4 is 5.32 Å². The number of rotatable bonds is 7. The van der Waals surface area contributed by atoms with Gasteiger partial charge < -0.3 is 10.1 Å². The van der Waals surface area contributed by atoms with Gasteiger partial charge in [-0.2, -0.15) is 0 Å². The molecule has 3 nitrogen and oxygen atoms in total. The van der Waals surface area contributed by atoms with Crippen LogP contribution >= 0.6 is 0 Å². The summed E-state index contributed by atoms with van der Waals surface area (Å²) in [6.07, 6.45) is 2.73. The van der Waals surface area contributed by atoms with Gasteiger partial charge in [-0.15, -0.1) is 0 Å². The van der Waals surface area contributed by atoms with Gasteiger partial charge in [0.2, 0.25) is 0 Å². The highest BCUT2D eigenvalue weighted by Crippen LogP contribution is 2.22. The molecule has 3 heteroatoms. The molecule has 0 bridgehead atoms. The Morgan fingerprint density at radius 2 is 2.05 bits per heavy atom. The predicted octanol–water partition coefficient (Wildman–Crippen LogP) is 2.70. The lowest BCUT2D eigenvalue weighted by atomic mass is 9.95. The van der Waals surface area contributed by atoms with E-state index in [1.54, 1.807) is 0 Å². The Morgan fingerprint density at radius 3 is 2.76 bits per heavy atom. The van der Waals surface area contributed by atoms with E-state index in [4.69, 9.17) is 4.74 Å². The Hall–Kier alpha value is -0.900. The van der Waals surface area contributed by atoms with E-state index in [2.05, 4.69) is 48.3 Å². The molecule has 0 saturated carbocycles. The van der Waals surface area contributed by atoms with E-state index in [0.717, 1.165) is 32.6 Å². The van der Waals surface area contributed by atoms with Crippen molar-refractivity contribution in [2.75, 3.05) is 33.3 Å². The zero-order chi connectivity index (χ0) is 15.1. The van der Waals surface area contributed by atoms with Gasteiger partial charge in [-0.05, 0) is 49.5 Å². The fourth-order valence-electron chi connectivity index (χ4n) is 3.14. The number of hydrogen-bond donors (Lipinski definition) is 1. The first kappa shape index (κ1) is 16.5. The Kier molecular flexibility index (Phi) is 6.68. The molecule has 0 radical (unpaired) electrons. The molecular formula is C18H30N2O. The summed E-state index contributed by atoms with van der Waals surface area (Å²) in [7, 11) is 1.84. The fourth-order valence-corrected chi connectivity index (χ4v) is 3.14. The SMILES string of the molecule is CCNCCc1ccccc1CN1CCC(C)C(OC)C1. The molecule has 0 amide bonds. The summed E-state index contributed by atoms with van der Waals surface area (Å²) >= 11 is 0. The number of hydrogen-bond acceptors (Lipinski definition) is 3. The average molecular weight is 290 g/mol. The zero-order valence-corrected chi connectivity index (χ0v) is 13.8. The van der Waals surface area contributed by atoms with Gasteiger partial charge in [-0.1, -0.05) is 38.1 Å². The maximum Gasteiger partial charge on any atom is 0.0724 e. The first-order valence-electron chi connectivity index (χ1n) is 8.27. The highest BCUT2D eigenvalue weighted by atomic mass is 16.5. The molecule has 118 valence electrons. The van der Waals surface area contributed by atoms with Crippen LogP contribution in [0.3, 0.4) is 0 Å². The molecule has 2 unspecified atom stereocenters. The van der Waals surface area contributed by atoms with Gasteiger partial charge in [-0.25, -0.2) is 0 Å². The summed E-state index contributed by atoms with van der Waals surface area (Å²) in [4.78, 5) is 2.54. The number of likely N-dealkylation sites (N-methyl/N-ethyl adjacent to an activating group) is 1. The van der Waals surface area contributed by atoms with Crippen molar-refractivity contribution < 1.29 is 4.74 Å².